The Hall–Kier alpha value is -1.44. The van der Waals surface area contributed by atoms with Crippen molar-refractivity contribution in [2.45, 2.75) is 37.1 Å². The molecule has 0 bridgehead atoms. The highest BCUT2D eigenvalue weighted by molar-refractivity contribution is 7.89. The average molecular weight is 285 g/mol. The van der Waals surface area contributed by atoms with Crippen LogP contribution in [-0.2, 0) is 14.8 Å². The van der Waals surface area contributed by atoms with E-state index in [0.29, 0.717) is 18.5 Å². The highest BCUT2D eigenvalue weighted by atomic mass is 32.2. The maximum atomic E-state index is 11.6. The van der Waals surface area contributed by atoms with Gasteiger partial charge in [-0.05, 0) is 44.5 Å². The van der Waals surface area contributed by atoms with E-state index in [2.05, 4.69) is 5.32 Å². The lowest BCUT2D eigenvalue weighted by Crippen LogP contribution is -2.33. The number of carbonyl (C=O) groups excluding carboxylic acids is 1. The summed E-state index contributed by atoms with van der Waals surface area (Å²) in [6.45, 7) is 3.70. The normalized spacial score (nSPS) is 12.2. The van der Waals surface area contributed by atoms with E-state index in [1.165, 1.54) is 24.3 Å². The Balaban J connectivity index is 2.61. The summed E-state index contributed by atoms with van der Waals surface area (Å²) in [6, 6.07) is 5.67. The molecule has 1 aromatic carbocycles. The fourth-order valence-electron chi connectivity index (χ4n) is 1.39. The zero-order valence-electron chi connectivity index (χ0n) is 11.0. The molecule has 106 valence electrons. The highest BCUT2D eigenvalue weighted by Crippen LogP contribution is 2.14. The van der Waals surface area contributed by atoms with Crippen molar-refractivity contribution >= 4 is 21.6 Å². The minimum absolute atomic E-state index is 0.00795. The van der Waals surface area contributed by atoms with Crippen molar-refractivity contribution in [3.05, 3.63) is 24.3 Å². The third-order valence-corrected chi connectivity index (χ3v) is 3.39. The first-order valence-corrected chi connectivity index (χ1v) is 7.34. The van der Waals surface area contributed by atoms with Crippen molar-refractivity contribution < 1.29 is 13.2 Å². The van der Waals surface area contributed by atoms with Crippen molar-refractivity contribution in [1.82, 2.24) is 0 Å². The van der Waals surface area contributed by atoms with Crippen molar-refractivity contribution in [2.24, 2.45) is 10.9 Å². The van der Waals surface area contributed by atoms with Crippen LogP contribution in [-0.4, -0.2) is 19.9 Å². The molecule has 0 saturated heterocycles. The van der Waals surface area contributed by atoms with Crippen molar-refractivity contribution in [2.75, 3.05) is 5.32 Å². The molecule has 0 radical (unpaired) electrons. The number of hydrogen-bond donors (Lipinski definition) is 3. The summed E-state index contributed by atoms with van der Waals surface area (Å²) >= 11 is 0. The van der Waals surface area contributed by atoms with E-state index in [1.807, 2.05) is 13.8 Å². The Labute approximate surface area is 113 Å². The average Bonchev–Trinajstić information content (AvgIpc) is 2.25. The number of hydrogen-bond acceptors (Lipinski definition) is 4. The fourth-order valence-corrected chi connectivity index (χ4v) is 1.90. The number of amides is 1. The summed E-state index contributed by atoms with van der Waals surface area (Å²) in [6.07, 6.45) is 0.870. The number of carbonyl (C=O) groups is 1. The molecule has 1 rings (SSSR count). The van der Waals surface area contributed by atoms with Gasteiger partial charge < -0.3 is 11.1 Å². The second-order valence-corrected chi connectivity index (χ2v) is 6.67. The second-order valence-electron chi connectivity index (χ2n) is 5.11. The molecule has 1 amide bonds. The number of nitrogens with two attached hydrogens (primary N) is 2. The van der Waals surface area contributed by atoms with Gasteiger partial charge in [-0.25, -0.2) is 13.6 Å². The first-order valence-electron chi connectivity index (χ1n) is 5.79. The lowest BCUT2D eigenvalue weighted by atomic mass is 10.00. The Morgan fingerprint density at radius 3 is 2.21 bits per heavy atom. The first-order chi connectivity index (χ1) is 8.58. The molecule has 1 aromatic rings. The van der Waals surface area contributed by atoms with Gasteiger partial charge in [0, 0.05) is 17.6 Å². The van der Waals surface area contributed by atoms with Crippen molar-refractivity contribution in [3.63, 3.8) is 0 Å². The number of rotatable bonds is 5. The third kappa shape index (κ3) is 5.82. The van der Waals surface area contributed by atoms with E-state index in [-0.39, 0.29) is 10.8 Å². The highest BCUT2D eigenvalue weighted by Gasteiger charge is 2.13. The maximum absolute atomic E-state index is 11.6. The molecular weight excluding hydrogens is 266 g/mol. The molecule has 0 unspecified atom stereocenters. The Bertz CT molecular complexity index is 545. The smallest absolute Gasteiger partial charge is 0.238 e. The maximum Gasteiger partial charge on any atom is 0.238 e. The molecule has 0 atom stereocenters. The largest absolute Gasteiger partial charge is 0.326 e. The van der Waals surface area contributed by atoms with Crippen LogP contribution in [0.1, 0.15) is 26.7 Å². The van der Waals surface area contributed by atoms with Crippen LogP contribution in [0.2, 0.25) is 0 Å². The molecule has 0 heterocycles. The van der Waals surface area contributed by atoms with E-state index in [4.69, 9.17) is 10.9 Å². The van der Waals surface area contributed by atoms with Gasteiger partial charge in [0.1, 0.15) is 0 Å². The molecule has 0 fully saturated rings. The first kappa shape index (κ1) is 15.6. The third-order valence-electron chi connectivity index (χ3n) is 2.46. The van der Waals surface area contributed by atoms with Gasteiger partial charge in [0.25, 0.3) is 0 Å². The molecule has 0 aliphatic carbocycles. The summed E-state index contributed by atoms with van der Waals surface area (Å²) in [5.74, 6) is -0.165. The Morgan fingerprint density at radius 1 is 1.26 bits per heavy atom. The SMILES string of the molecule is CC(C)(N)CCC(=O)Nc1ccc(S(N)(=O)=O)cc1. The number of benzene rings is 1. The zero-order chi connectivity index (χ0) is 14.7. The molecule has 7 heteroatoms. The van der Waals surface area contributed by atoms with Crippen LogP contribution in [0.15, 0.2) is 29.2 Å². The molecule has 6 nitrogen and oxygen atoms in total. The van der Waals surface area contributed by atoms with Crippen LogP contribution in [0, 0.1) is 0 Å². The van der Waals surface area contributed by atoms with Crippen LogP contribution in [0.5, 0.6) is 0 Å². The van der Waals surface area contributed by atoms with Gasteiger partial charge in [0.15, 0.2) is 0 Å². The minimum atomic E-state index is -3.71. The van der Waals surface area contributed by atoms with Crippen LogP contribution >= 0.6 is 0 Å². The van der Waals surface area contributed by atoms with Gasteiger partial charge >= 0.3 is 0 Å². The standard InChI is InChI=1S/C12H19N3O3S/c1-12(2,13)8-7-11(16)15-9-3-5-10(6-4-9)19(14,17)18/h3-6H,7-8,13H2,1-2H3,(H,15,16)(H2,14,17,18). The van der Waals surface area contributed by atoms with E-state index in [9.17, 15) is 13.2 Å². The molecular formula is C12H19N3O3S. The van der Waals surface area contributed by atoms with Crippen LogP contribution in [0.3, 0.4) is 0 Å². The Morgan fingerprint density at radius 2 is 1.79 bits per heavy atom. The molecule has 0 spiro atoms. The van der Waals surface area contributed by atoms with Gasteiger partial charge in [0.2, 0.25) is 15.9 Å². The molecule has 0 saturated carbocycles. The predicted molar refractivity (Wildman–Crippen MR) is 73.9 cm³/mol. The van der Waals surface area contributed by atoms with Gasteiger partial charge in [-0.3, -0.25) is 4.79 Å². The monoisotopic (exact) mass is 285 g/mol. The molecule has 0 aromatic heterocycles. The summed E-state index contributed by atoms with van der Waals surface area (Å²) < 4.78 is 22.1. The molecule has 0 aliphatic heterocycles. The van der Waals surface area contributed by atoms with Crippen molar-refractivity contribution in [3.8, 4) is 0 Å². The topological polar surface area (TPSA) is 115 Å². The second kappa shape index (κ2) is 5.68. The van der Waals surface area contributed by atoms with Crippen LogP contribution in [0.4, 0.5) is 5.69 Å². The van der Waals surface area contributed by atoms with Crippen LogP contribution < -0.4 is 16.2 Å². The predicted octanol–water partition coefficient (Wildman–Crippen LogP) is 0.790. The number of primary sulfonamides is 1. The quantitative estimate of drug-likeness (QED) is 0.741. The lowest BCUT2D eigenvalue weighted by Gasteiger charge is -2.17. The van der Waals surface area contributed by atoms with Crippen molar-refractivity contribution in [1.29, 1.82) is 0 Å². The summed E-state index contributed by atoms with van der Waals surface area (Å²) in [5, 5.41) is 7.64. The number of anilines is 1. The summed E-state index contributed by atoms with van der Waals surface area (Å²) in [4.78, 5) is 11.6. The van der Waals surface area contributed by atoms with Gasteiger partial charge in [-0.2, -0.15) is 0 Å². The van der Waals surface area contributed by atoms with E-state index < -0.39 is 15.6 Å². The molecule has 19 heavy (non-hydrogen) atoms. The van der Waals surface area contributed by atoms with E-state index in [0.717, 1.165) is 0 Å². The molecule has 5 N–H and O–H groups in total. The summed E-state index contributed by atoms with van der Waals surface area (Å²) in [7, 11) is -3.71. The van der Waals surface area contributed by atoms with Crippen LogP contribution in [0.25, 0.3) is 0 Å². The number of sulfonamides is 1. The van der Waals surface area contributed by atoms with E-state index in [1.54, 1.807) is 0 Å². The van der Waals surface area contributed by atoms with Gasteiger partial charge in [0.05, 0.1) is 4.90 Å². The molecule has 0 aliphatic rings. The fraction of sp³-hybridized carbons (Fsp3) is 0.417. The lowest BCUT2D eigenvalue weighted by molar-refractivity contribution is -0.116. The summed E-state index contributed by atoms with van der Waals surface area (Å²) in [5.41, 5.74) is 5.91. The van der Waals surface area contributed by atoms with Gasteiger partial charge in [-0.1, -0.05) is 0 Å². The number of nitrogens with one attached hydrogen (secondary N) is 1. The minimum Gasteiger partial charge on any atom is -0.326 e. The Kier molecular flexibility index (Phi) is 4.67. The zero-order valence-corrected chi connectivity index (χ0v) is 11.8. The van der Waals surface area contributed by atoms with E-state index >= 15 is 0 Å². The van der Waals surface area contributed by atoms with Gasteiger partial charge in [-0.15, -0.1) is 0 Å².